The van der Waals surface area contributed by atoms with Crippen molar-refractivity contribution >= 4 is 21.4 Å². The van der Waals surface area contributed by atoms with Crippen molar-refractivity contribution in [2.24, 2.45) is 0 Å². The maximum absolute atomic E-state index is 12.9. The molecule has 0 aliphatic carbocycles. The molecule has 0 saturated carbocycles. The highest BCUT2D eigenvalue weighted by atomic mass is 32.2. The Balaban J connectivity index is 1.96. The average molecular weight is 317 g/mol. The monoisotopic (exact) mass is 317 g/mol. The van der Waals surface area contributed by atoms with Gasteiger partial charge in [0.1, 0.15) is 4.21 Å². The zero-order chi connectivity index (χ0) is 14.2. The Labute approximate surface area is 123 Å². The Morgan fingerprint density at radius 2 is 2.05 bits per heavy atom. The molecule has 2 aliphatic rings. The fourth-order valence-electron chi connectivity index (χ4n) is 2.80. The second kappa shape index (κ2) is 5.38. The summed E-state index contributed by atoms with van der Waals surface area (Å²) in [5.41, 5.74) is -0.506. The molecule has 1 atom stereocenters. The minimum atomic E-state index is -3.45. The predicted octanol–water partition coefficient (Wildman–Crippen LogP) is 1.49. The van der Waals surface area contributed by atoms with Crippen molar-refractivity contribution in [3.63, 3.8) is 0 Å². The molecule has 1 aromatic heterocycles. The lowest BCUT2D eigenvalue weighted by Gasteiger charge is -2.41. The van der Waals surface area contributed by atoms with Crippen LogP contribution in [0.15, 0.2) is 16.3 Å². The van der Waals surface area contributed by atoms with Crippen LogP contribution in [0.4, 0.5) is 0 Å². The highest BCUT2D eigenvalue weighted by Gasteiger charge is 2.49. The molecular weight excluding hydrogens is 298 g/mol. The summed E-state index contributed by atoms with van der Waals surface area (Å²) in [5.74, 6) is 0. The maximum atomic E-state index is 12.9. The molecule has 2 saturated heterocycles. The standard InChI is InChI=1S/C13H19NO4S2/c1-2-11-3-4-12(19-11)20(15,16)14-6-8-18-10-13(14)5-7-17-9-13/h3-4H,2,5-10H2,1H3. The van der Waals surface area contributed by atoms with Crippen LogP contribution >= 0.6 is 11.3 Å². The van der Waals surface area contributed by atoms with Gasteiger partial charge in [-0.25, -0.2) is 8.42 Å². The summed E-state index contributed by atoms with van der Waals surface area (Å²) < 4.78 is 38.8. The smallest absolute Gasteiger partial charge is 0.253 e. The number of hydrogen-bond donors (Lipinski definition) is 0. The molecule has 7 heteroatoms. The van der Waals surface area contributed by atoms with Gasteiger partial charge in [0.15, 0.2) is 0 Å². The van der Waals surface area contributed by atoms with E-state index in [0.717, 1.165) is 11.3 Å². The van der Waals surface area contributed by atoms with Gasteiger partial charge in [-0.1, -0.05) is 6.92 Å². The SMILES string of the molecule is CCc1ccc(S(=O)(=O)N2CCOCC23CCOC3)s1. The molecule has 0 radical (unpaired) electrons. The van der Waals surface area contributed by atoms with Crippen LogP contribution in [0.3, 0.4) is 0 Å². The van der Waals surface area contributed by atoms with Crippen LogP contribution in [0.1, 0.15) is 18.2 Å². The summed E-state index contributed by atoms with van der Waals surface area (Å²) in [6, 6.07) is 3.62. The average Bonchev–Trinajstić information content (AvgIpc) is 3.09. The van der Waals surface area contributed by atoms with E-state index in [2.05, 4.69) is 0 Å². The van der Waals surface area contributed by atoms with E-state index >= 15 is 0 Å². The quantitative estimate of drug-likeness (QED) is 0.847. The first-order valence-electron chi connectivity index (χ1n) is 6.85. The molecule has 0 aromatic carbocycles. The van der Waals surface area contributed by atoms with Gasteiger partial charge in [0.25, 0.3) is 10.0 Å². The van der Waals surface area contributed by atoms with Gasteiger partial charge in [-0.05, 0) is 25.0 Å². The molecule has 3 heterocycles. The van der Waals surface area contributed by atoms with Gasteiger partial charge in [0.05, 0.1) is 25.4 Å². The van der Waals surface area contributed by atoms with Crippen molar-refractivity contribution in [1.29, 1.82) is 0 Å². The zero-order valence-electron chi connectivity index (χ0n) is 11.5. The van der Waals surface area contributed by atoms with E-state index in [1.807, 2.05) is 13.0 Å². The normalized spacial score (nSPS) is 28.2. The Hall–Kier alpha value is -0.470. The molecule has 0 amide bonds. The lowest BCUT2D eigenvalue weighted by Crippen LogP contribution is -2.59. The van der Waals surface area contributed by atoms with Crippen LogP contribution in [-0.2, 0) is 25.9 Å². The molecule has 0 N–H and O–H groups in total. The van der Waals surface area contributed by atoms with Crippen molar-refractivity contribution in [2.75, 3.05) is 33.0 Å². The largest absolute Gasteiger partial charge is 0.379 e. The third kappa shape index (κ3) is 2.31. The third-order valence-corrected chi connectivity index (χ3v) is 7.65. The topological polar surface area (TPSA) is 55.8 Å². The van der Waals surface area contributed by atoms with E-state index in [1.165, 1.54) is 11.3 Å². The highest BCUT2D eigenvalue weighted by molar-refractivity contribution is 7.91. The number of sulfonamides is 1. The number of thiophene rings is 1. The van der Waals surface area contributed by atoms with Gasteiger partial charge in [-0.3, -0.25) is 0 Å². The van der Waals surface area contributed by atoms with E-state index in [1.54, 1.807) is 10.4 Å². The van der Waals surface area contributed by atoms with Crippen molar-refractivity contribution in [2.45, 2.75) is 29.5 Å². The highest BCUT2D eigenvalue weighted by Crippen LogP contribution is 2.36. The molecule has 112 valence electrons. The number of ether oxygens (including phenoxy) is 2. The Kier molecular flexibility index (Phi) is 3.89. The van der Waals surface area contributed by atoms with Crippen LogP contribution in [0, 0.1) is 0 Å². The van der Waals surface area contributed by atoms with E-state index in [9.17, 15) is 8.42 Å². The van der Waals surface area contributed by atoms with Crippen molar-refractivity contribution < 1.29 is 17.9 Å². The molecule has 1 spiro atoms. The summed E-state index contributed by atoms with van der Waals surface area (Å²) >= 11 is 1.36. The van der Waals surface area contributed by atoms with Gasteiger partial charge in [-0.2, -0.15) is 4.31 Å². The van der Waals surface area contributed by atoms with E-state index in [0.29, 0.717) is 43.6 Å². The number of nitrogens with zero attached hydrogens (tertiary/aromatic N) is 1. The van der Waals surface area contributed by atoms with E-state index in [4.69, 9.17) is 9.47 Å². The molecule has 5 nitrogen and oxygen atoms in total. The molecule has 2 aliphatic heterocycles. The molecule has 1 unspecified atom stereocenters. The van der Waals surface area contributed by atoms with Gasteiger partial charge in [0, 0.05) is 18.0 Å². The van der Waals surface area contributed by atoms with Gasteiger partial charge in [0.2, 0.25) is 0 Å². The Bertz CT molecular complexity index is 575. The minimum Gasteiger partial charge on any atom is -0.379 e. The number of morpholine rings is 1. The summed E-state index contributed by atoms with van der Waals surface area (Å²) in [6.45, 7) is 4.35. The van der Waals surface area contributed by atoms with Crippen LogP contribution in [-0.4, -0.2) is 51.2 Å². The lowest BCUT2D eigenvalue weighted by atomic mass is 9.99. The number of aryl methyl sites for hydroxylation is 1. The lowest BCUT2D eigenvalue weighted by molar-refractivity contribution is -0.0292. The van der Waals surface area contributed by atoms with Crippen LogP contribution in [0.5, 0.6) is 0 Å². The van der Waals surface area contributed by atoms with Gasteiger partial charge >= 0.3 is 0 Å². The first-order valence-corrected chi connectivity index (χ1v) is 9.11. The first-order chi connectivity index (χ1) is 9.58. The second-order valence-electron chi connectivity index (χ2n) is 5.23. The van der Waals surface area contributed by atoms with Crippen molar-refractivity contribution in [3.8, 4) is 0 Å². The van der Waals surface area contributed by atoms with Gasteiger partial charge in [-0.15, -0.1) is 11.3 Å². The predicted molar refractivity (Wildman–Crippen MR) is 76.6 cm³/mol. The molecule has 3 rings (SSSR count). The van der Waals surface area contributed by atoms with Gasteiger partial charge < -0.3 is 9.47 Å². The molecule has 0 bridgehead atoms. The number of hydrogen-bond acceptors (Lipinski definition) is 5. The van der Waals surface area contributed by atoms with Crippen molar-refractivity contribution in [1.82, 2.24) is 4.31 Å². The van der Waals surface area contributed by atoms with Crippen LogP contribution in [0.2, 0.25) is 0 Å². The third-order valence-electron chi connectivity index (χ3n) is 3.95. The van der Waals surface area contributed by atoms with E-state index < -0.39 is 15.6 Å². The van der Waals surface area contributed by atoms with Crippen LogP contribution < -0.4 is 0 Å². The molecule has 2 fully saturated rings. The first kappa shape index (κ1) is 14.5. The maximum Gasteiger partial charge on any atom is 0.253 e. The second-order valence-corrected chi connectivity index (χ2v) is 8.49. The molecular formula is C13H19NO4S2. The summed E-state index contributed by atoms with van der Waals surface area (Å²) in [5, 5.41) is 0. The summed E-state index contributed by atoms with van der Waals surface area (Å²) in [7, 11) is -3.45. The van der Waals surface area contributed by atoms with Crippen molar-refractivity contribution in [3.05, 3.63) is 17.0 Å². The Morgan fingerprint density at radius 1 is 1.30 bits per heavy atom. The molecule has 1 aromatic rings. The summed E-state index contributed by atoms with van der Waals surface area (Å²) in [4.78, 5) is 1.09. The number of rotatable bonds is 3. The summed E-state index contributed by atoms with van der Waals surface area (Å²) in [6.07, 6.45) is 1.57. The zero-order valence-corrected chi connectivity index (χ0v) is 13.1. The fraction of sp³-hybridized carbons (Fsp3) is 0.692. The van der Waals surface area contributed by atoms with Crippen LogP contribution in [0.25, 0.3) is 0 Å². The molecule has 20 heavy (non-hydrogen) atoms. The van der Waals surface area contributed by atoms with E-state index in [-0.39, 0.29) is 0 Å². The Morgan fingerprint density at radius 3 is 2.65 bits per heavy atom. The minimum absolute atomic E-state index is 0.408. The fourth-order valence-corrected chi connectivity index (χ4v) is 5.96.